The van der Waals surface area contributed by atoms with Gasteiger partial charge in [0.2, 0.25) is 0 Å². The fourth-order valence-electron chi connectivity index (χ4n) is 9.00. The summed E-state index contributed by atoms with van der Waals surface area (Å²) in [7, 11) is 3.79. The second kappa shape index (κ2) is 18.2. The molecule has 7 nitrogen and oxygen atoms in total. The molecule has 8 rings (SSSR count). The van der Waals surface area contributed by atoms with Crippen LogP contribution in [0.15, 0.2) is 106 Å². The van der Waals surface area contributed by atoms with E-state index in [2.05, 4.69) is 96.7 Å². The Hall–Kier alpha value is -6.73. The molecule has 0 N–H and O–H groups in total. The van der Waals surface area contributed by atoms with Gasteiger partial charge >= 0.3 is 0 Å². The van der Waals surface area contributed by atoms with Crippen LogP contribution in [0.3, 0.4) is 0 Å². The third-order valence-corrected chi connectivity index (χ3v) is 13.1. The molecule has 1 aliphatic carbocycles. The molecule has 0 fully saturated rings. The molecular weight excluding hydrogens is 791 g/mol. The lowest BCUT2D eigenvalue weighted by Crippen LogP contribution is -2.30. The fourth-order valence-corrected chi connectivity index (χ4v) is 9.00. The molecule has 5 aromatic rings. The summed E-state index contributed by atoms with van der Waals surface area (Å²) in [4.78, 5) is 37.0. The minimum absolute atomic E-state index is 0.0134. The van der Waals surface area contributed by atoms with Crippen LogP contribution in [-0.4, -0.2) is 55.3 Å². The van der Waals surface area contributed by atoms with Gasteiger partial charge in [-0.05, 0) is 166 Å². The molecule has 64 heavy (non-hydrogen) atoms. The Morgan fingerprint density at radius 2 is 1.17 bits per heavy atom. The Kier molecular flexibility index (Phi) is 12.5. The van der Waals surface area contributed by atoms with Crippen molar-refractivity contribution in [2.24, 2.45) is 4.99 Å². The van der Waals surface area contributed by atoms with Crippen LogP contribution in [-0.2, 0) is 0 Å². The number of nitrogens with zero attached hydrogens (tertiary/aromatic N) is 3. The standard InChI is InChI=1S/C57H59N3O4/c1-11-58-49-33-53-48(29-40(49)8)55(47-28-36(4)39(7)32-52(47)64-53)42-21-15-17-23-44(42)57(62)60(10)25-19-13-12-18-24-59(9)56(61)43-22-16-14-20-41(43)54-45-26-34(2)37(5)30-50(45)63-51-31-38(6)35(3)27-46(51)54/h14-17,20-23,26-33H,5,11-13,18-19,24-25H2,1-4,6-10H3/b58-49-. The van der Waals surface area contributed by atoms with E-state index >= 15 is 0 Å². The number of carbonyl (C=O) groups excluding carboxylic acids is 2. The van der Waals surface area contributed by atoms with Gasteiger partial charge in [-0.15, -0.1) is 0 Å². The van der Waals surface area contributed by atoms with Crippen molar-refractivity contribution in [3.05, 3.63) is 168 Å². The quantitative estimate of drug-likeness (QED) is 0.0906. The van der Waals surface area contributed by atoms with Crippen molar-refractivity contribution in [3.8, 4) is 33.9 Å². The largest absolute Gasteiger partial charge is 0.456 e. The monoisotopic (exact) mass is 849 g/mol. The van der Waals surface area contributed by atoms with E-state index in [0.29, 0.717) is 30.8 Å². The number of unbranched alkanes of at least 4 members (excludes halogenated alkanes) is 3. The molecule has 0 unspecified atom stereocenters. The van der Waals surface area contributed by atoms with Crippen LogP contribution < -0.4 is 20.5 Å². The van der Waals surface area contributed by atoms with Crippen molar-refractivity contribution in [1.82, 2.24) is 9.80 Å². The number of hydrogen-bond donors (Lipinski definition) is 0. The van der Waals surface area contributed by atoms with Crippen LogP contribution in [0, 0.1) is 41.5 Å². The molecule has 3 aliphatic rings. The molecule has 2 heterocycles. The van der Waals surface area contributed by atoms with Gasteiger partial charge in [-0.2, -0.15) is 0 Å². The second-order valence-electron chi connectivity index (χ2n) is 17.7. The lowest BCUT2D eigenvalue weighted by atomic mass is 9.87. The van der Waals surface area contributed by atoms with Gasteiger partial charge in [-0.3, -0.25) is 14.6 Å². The second-order valence-corrected chi connectivity index (χ2v) is 17.7. The predicted octanol–water partition coefficient (Wildman–Crippen LogP) is 11.1. The molecule has 7 heteroatoms. The Bertz CT molecular complexity index is 3140. The van der Waals surface area contributed by atoms with Crippen LogP contribution in [0.4, 0.5) is 0 Å². The van der Waals surface area contributed by atoms with E-state index in [0.717, 1.165) is 125 Å². The third kappa shape index (κ3) is 8.39. The molecule has 0 aromatic heterocycles. The van der Waals surface area contributed by atoms with Crippen molar-refractivity contribution >= 4 is 34.9 Å². The summed E-state index contributed by atoms with van der Waals surface area (Å²) < 4.78 is 13.0. The Balaban J connectivity index is 0.957. The Morgan fingerprint density at radius 3 is 1.84 bits per heavy atom. The number of amides is 2. The highest BCUT2D eigenvalue weighted by Crippen LogP contribution is 2.43. The highest BCUT2D eigenvalue weighted by molar-refractivity contribution is 6.09. The highest BCUT2D eigenvalue weighted by atomic mass is 16.5. The highest BCUT2D eigenvalue weighted by Gasteiger charge is 2.27. The molecule has 326 valence electrons. The first-order valence-corrected chi connectivity index (χ1v) is 22.6. The van der Waals surface area contributed by atoms with Crippen LogP contribution in [0.1, 0.15) is 97.8 Å². The lowest BCUT2D eigenvalue weighted by Gasteiger charge is -2.25. The van der Waals surface area contributed by atoms with Gasteiger partial charge in [-0.25, -0.2) is 0 Å². The maximum atomic E-state index is 14.3. The zero-order valence-electron chi connectivity index (χ0n) is 38.9. The number of ether oxygens (including phenoxy) is 1. The van der Waals surface area contributed by atoms with Crippen LogP contribution in [0.2, 0.25) is 0 Å². The van der Waals surface area contributed by atoms with E-state index in [1.165, 1.54) is 11.1 Å². The molecule has 0 spiro atoms. The molecule has 0 saturated carbocycles. The van der Waals surface area contributed by atoms with Gasteiger partial charge in [0.25, 0.3) is 11.8 Å². The molecule has 5 aromatic carbocycles. The smallest absolute Gasteiger partial charge is 0.254 e. The molecular formula is C57H59N3O4. The van der Waals surface area contributed by atoms with E-state index in [9.17, 15) is 9.59 Å². The average Bonchev–Trinajstić information content (AvgIpc) is 3.27. The molecule has 0 radical (unpaired) electrons. The van der Waals surface area contributed by atoms with Crippen molar-refractivity contribution in [2.45, 2.75) is 74.1 Å². The topological polar surface area (TPSA) is 75.4 Å². The van der Waals surface area contributed by atoms with Crippen molar-refractivity contribution in [3.63, 3.8) is 0 Å². The number of carbonyl (C=O) groups is 2. The fraction of sp³-hybridized carbons (Fsp3) is 0.281. The van der Waals surface area contributed by atoms with Crippen molar-refractivity contribution < 1.29 is 18.7 Å². The summed E-state index contributed by atoms with van der Waals surface area (Å²) in [5.41, 5.74) is 14.6. The number of hydrogen-bond acceptors (Lipinski definition) is 5. The summed E-state index contributed by atoms with van der Waals surface area (Å²) in [5, 5.41) is 3.78. The van der Waals surface area contributed by atoms with Gasteiger partial charge in [-0.1, -0.05) is 55.8 Å². The number of rotatable bonds is 12. The summed E-state index contributed by atoms with van der Waals surface area (Å²) in [5.74, 6) is 2.26. The van der Waals surface area contributed by atoms with Crippen molar-refractivity contribution in [1.29, 1.82) is 0 Å². The minimum atomic E-state index is -0.0141. The van der Waals surface area contributed by atoms with Gasteiger partial charge < -0.3 is 19.0 Å². The molecule has 2 amide bonds. The first-order valence-electron chi connectivity index (χ1n) is 22.6. The summed E-state index contributed by atoms with van der Waals surface area (Å²) in [6, 6.07) is 32.7. The van der Waals surface area contributed by atoms with E-state index < -0.39 is 0 Å². The predicted molar refractivity (Wildman–Crippen MR) is 261 cm³/mol. The van der Waals surface area contributed by atoms with E-state index in [1.807, 2.05) is 79.3 Å². The Labute approximate surface area is 377 Å². The summed E-state index contributed by atoms with van der Waals surface area (Å²) in [6.45, 7) is 20.7. The summed E-state index contributed by atoms with van der Waals surface area (Å²) in [6.07, 6.45) is 3.59. The molecule has 0 bridgehead atoms. The summed E-state index contributed by atoms with van der Waals surface area (Å²) >= 11 is 0. The van der Waals surface area contributed by atoms with Gasteiger partial charge in [0.1, 0.15) is 22.8 Å². The molecule has 0 atom stereocenters. The van der Waals surface area contributed by atoms with E-state index in [1.54, 1.807) is 0 Å². The first-order chi connectivity index (χ1) is 30.7. The lowest BCUT2D eigenvalue weighted by molar-refractivity contribution is 0.0780. The third-order valence-electron chi connectivity index (χ3n) is 13.1. The Morgan fingerprint density at radius 1 is 0.594 bits per heavy atom. The van der Waals surface area contributed by atoms with Gasteiger partial charge in [0.05, 0.1) is 5.36 Å². The zero-order valence-corrected chi connectivity index (χ0v) is 38.9. The maximum Gasteiger partial charge on any atom is 0.254 e. The molecule has 2 aliphatic heterocycles. The number of benzene rings is 6. The normalized spacial score (nSPS) is 12.3. The van der Waals surface area contributed by atoms with Crippen LogP contribution >= 0.6 is 0 Å². The van der Waals surface area contributed by atoms with Crippen LogP contribution in [0.5, 0.6) is 11.5 Å². The average molecular weight is 850 g/mol. The zero-order chi connectivity index (χ0) is 45.4. The molecule has 0 saturated heterocycles. The van der Waals surface area contributed by atoms with Crippen LogP contribution in [0.25, 0.3) is 45.6 Å². The minimum Gasteiger partial charge on any atom is -0.456 e. The maximum absolute atomic E-state index is 14.3. The SMILES string of the molecule is C=c1cc2c(cc1C)=C(c1ccccc1C(=O)N(C)CCCCCCN(C)C(=O)c1ccccc1-c1c3cc(C)/c(=N\CC)cc-3oc3cc(C)c(C)cc13)c1cc(C)c(C)cc1O2. The van der Waals surface area contributed by atoms with E-state index in [4.69, 9.17) is 14.1 Å². The van der Waals surface area contributed by atoms with Gasteiger partial charge in [0, 0.05) is 83.8 Å². The van der Waals surface area contributed by atoms with Gasteiger partial charge in [0.15, 0.2) is 0 Å². The number of fused-ring (bicyclic) bond motifs is 4. The number of aryl methyl sites for hydroxylation is 6. The van der Waals surface area contributed by atoms with Crippen molar-refractivity contribution in [2.75, 3.05) is 33.7 Å². The first kappa shape index (κ1) is 43.9. The van der Waals surface area contributed by atoms with E-state index in [-0.39, 0.29) is 11.8 Å².